The molecular weight excluding hydrogens is 522 g/mol. The second-order valence-corrected chi connectivity index (χ2v) is 10.4. The standard InChI is InChI=1S/C31H33N5O5/c1-4-25-29(33-31(38)39-18-21-5-10-26-27(16-21)41-19-40-26)36-17-24(15-20(2)28(36)32-25)22-6-8-23(9-7-22)30(37)35-13-11-34(3)12-14-35/h5-10,15-17H,4,11-14,18-19H2,1-3H3,(H,33,38). The van der Waals surface area contributed by atoms with E-state index in [1.54, 1.807) is 12.1 Å². The van der Waals surface area contributed by atoms with Crippen molar-refractivity contribution in [3.8, 4) is 22.6 Å². The first-order valence-corrected chi connectivity index (χ1v) is 13.8. The molecule has 0 atom stereocenters. The van der Waals surface area contributed by atoms with Crippen LogP contribution in [0.2, 0.25) is 0 Å². The zero-order valence-electron chi connectivity index (χ0n) is 23.5. The van der Waals surface area contributed by atoms with Crippen LogP contribution in [0.5, 0.6) is 11.5 Å². The summed E-state index contributed by atoms with van der Waals surface area (Å²) in [6.45, 7) is 7.52. The summed E-state index contributed by atoms with van der Waals surface area (Å²) in [5.74, 6) is 1.95. The first-order chi connectivity index (χ1) is 19.9. The summed E-state index contributed by atoms with van der Waals surface area (Å²) in [5, 5.41) is 2.91. The maximum atomic E-state index is 13.0. The van der Waals surface area contributed by atoms with Crippen LogP contribution in [0.15, 0.2) is 54.7 Å². The maximum absolute atomic E-state index is 13.0. The highest BCUT2D eigenvalue weighted by Gasteiger charge is 2.21. The van der Waals surface area contributed by atoms with Crippen molar-refractivity contribution in [3.05, 3.63) is 77.1 Å². The number of likely N-dealkylation sites (N-methyl/N-ethyl adjacent to an activating group) is 1. The SMILES string of the molecule is CCc1nc2c(C)cc(-c3ccc(C(=O)N4CCN(C)CC4)cc3)cn2c1NC(=O)OCc1ccc2c(c1)OCO2. The van der Waals surface area contributed by atoms with Crippen molar-refractivity contribution in [1.82, 2.24) is 19.2 Å². The van der Waals surface area contributed by atoms with E-state index in [0.717, 1.165) is 59.8 Å². The number of nitrogens with one attached hydrogen (secondary N) is 1. The van der Waals surface area contributed by atoms with Gasteiger partial charge in [0, 0.05) is 37.9 Å². The molecule has 2 aliphatic rings. The highest BCUT2D eigenvalue weighted by molar-refractivity contribution is 5.95. The van der Waals surface area contributed by atoms with Gasteiger partial charge in [0.15, 0.2) is 11.5 Å². The van der Waals surface area contributed by atoms with Crippen molar-refractivity contribution in [2.24, 2.45) is 0 Å². The van der Waals surface area contributed by atoms with Crippen LogP contribution in [-0.4, -0.2) is 71.2 Å². The number of amides is 2. The van der Waals surface area contributed by atoms with Crippen molar-refractivity contribution >= 4 is 23.5 Å². The number of hydrogen-bond donors (Lipinski definition) is 1. The van der Waals surface area contributed by atoms with Crippen LogP contribution in [0.25, 0.3) is 16.8 Å². The minimum Gasteiger partial charge on any atom is -0.454 e. The van der Waals surface area contributed by atoms with Crippen molar-refractivity contribution < 1.29 is 23.8 Å². The summed E-state index contributed by atoms with van der Waals surface area (Å²) in [6, 6.07) is 15.2. The number of carbonyl (C=O) groups excluding carboxylic acids is 2. The molecule has 1 N–H and O–H groups in total. The van der Waals surface area contributed by atoms with Gasteiger partial charge in [-0.2, -0.15) is 0 Å². The van der Waals surface area contributed by atoms with Gasteiger partial charge in [0.05, 0.1) is 5.69 Å². The van der Waals surface area contributed by atoms with Crippen LogP contribution in [0.3, 0.4) is 0 Å². The summed E-state index contributed by atoms with van der Waals surface area (Å²) in [6.07, 6.45) is 2.02. The van der Waals surface area contributed by atoms with Gasteiger partial charge in [-0.3, -0.25) is 14.5 Å². The third-order valence-corrected chi connectivity index (χ3v) is 7.59. The zero-order valence-corrected chi connectivity index (χ0v) is 23.5. The van der Waals surface area contributed by atoms with E-state index >= 15 is 0 Å². The lowest BCUT2D eigenvalue weighted by Crippen LogP contribution is -2.47. The van der Waals surface area contributed by atoms with E-state index in [1.807, 2.05) is 59.7 Å². The first-order valence-electron chi connectivity index (χ1n) is 13.8. The lowest BCUT2D eigenvalue weighted by Gasteiger charge is -2.32. The lowest BCUT2D eigenvalue weighted by atomic mass is 10.0. The molecule has 0 radical (unpaired) electrons. The van der Waals surface area contributed by atoms with E-state index in [2.05, 4.69) is 23.3 Å². The van der Waals surface area contributed by atoms with E-state index in [9.17, 15) is 9.59 Å². The molecule has 10 nitrogen and oxygen atoms in total. The molecule has 0 bridgehead atoms. The number of aromatic nitrogens is 2. The third kappa shape index (κ3) is 5.43. The van der Waals surface area contributed by atoms with Crippen LogP contribution in [-0.2, 0) is 17.8 Å². The quantitative estimate of drug-likeness (QED) is 0.367. The predicted molar refractivity (Wildman–Crippen MR) is 155 cm³/mol. The summed E-state index contributed by atoms with van der Waals surface area (Å²) < 4.78 is 18.2. The van der Waals surface area contributed by atoms with Crippen molar-refractivity contribution in [2.45, 2.75) is 26.9 Å². The summed E-state index contributed by atoms with van der Waals surface area (Å²) in [5.41, 5.74) is 5.89. The Balaban J connectivity index is 1.20. The highest BCUT2D eigenvalue weighted by atomic mass is 16.7. The second kappa shape index (κ2) is 11.1. The van der Waals surface area contributed by atoms with Crippen molar-refractivity contribution in [1.29, 1.82) is 0 Å². The largest absolute Gasteiger partial charge is 0.454 e. The molecule has 212 valence electrons. The molecule has 1 fully saturated rings. The average Bonchev–Trinajstić information content (AvgIpc) is 3.60. The molecule has 41 heavy (non-hydrogen) atoms. The Labute approximate surface area is 238 Å². The van der Waals surface area contributed by atoms with Gasteiger partial charge in [-0.05, 0) is 73.0 Å². The number of nitrogens with zero attached hydrogens (tertiary/aromatic N) is 4. The Kier molecular flexibility index (Phi) is 7.23. The minimum atomic E-state index is -0.575. The molecule has 4 aromatic rings. The molecule has 0 saturated carbocycles. The van der Waals surface area contributed by atoms with Gasteiger partial charge in [-0.25, -0.2) is 9.78 Å². The Hall–Kier alpha value is -4.57. The number of anilines is 1. The van der Waals surface area contributed by atoms with Gasteiger partial charge in [-0.1, -0.05) is 25.1 Å². The molecule has 2 aromatic carbocycles. The second-order valence-electron chi connectivity index (χ2n) is 10.4. The Bertz CT molecular complexity index is 1610. The number of ether oxygens (including phenoxy) is 3. The molecule has 2 amide bonds. The topological polar surface area (TPSA) is 97.6 Å². The van der Waals surface area contributed by atoms with Gasteiger partial charge < -0.3 is 24.0 Å². The smallest absolute Gasteiger partial charge is 0.413 e. The van der Waals surface area contributed by atoms with E-state index < -0.39 is 6.09 Å². The fraction of sp³-hybridized carbons (Fsp3) is 0.323. The maximum Gasteiger partial charge on any atom is 0.413 e. The fourth-order valence-corrected chi connectivity index (χ4v) is 5.20. The molecular formula is C31H33N5O5. The highest BCUT2D eigenvalue weighted by Crippen LogP contribution is 2.33. The molecule has 0 aliphatic carbocycles. The number of piperazine rings is 1. The molecule has 4 heterocycles. The molecule has 2 aromatic heterocycles. The third-order valence-electron chi connectivity index (χ3n) is 7.59. The molecule has 10 heteroatoms. The number of aryl methyl sites for hydroxylation is 2. The number of carbonyl (C=O) groups is 2. The summed E-state index contributed by atoms with van der Waals surface area (Å²) in [7, 11) is 2.07. The van der Waals surface area contributed by atoms with Gasteiger partial charge in [-0.15, -0.1) is 0 Å². The lowest BCUT2D eigenvalue weighted by molar-refractivity contribution is 0.0664. The molecule has 6 rings (SSSR count). The Morgan fingerprint density at radius 1 is 0.976 bits per heavy atom. The number of rotatable bonds is 6. The average molecular weight is 556 g/mol. The van der Waals surface area contributed by atoms with Gasteiger partial charge >= 0.3 is 6.09 Å². The molecule has 0 spiro atoms. The van der Waals surface area contributed by atoms with Crippen LogP contribution in [0.1, 0.15) is 34.1 Å². The fourth-order valence-electron chi connectivity index (χ4n) is 5.20. The number of hydrogen-bond acceptors (Lipinski definition) is 7. The van der Waals surface area contributed by atoms with Crippen LogP contribution < -0.4 is 14.8 Å². The van der Waals surface area contributed by atoms with Crippen molar-refractivity contribution in [3.63, 3.8) is 0 Å². The molecule has 0 unspecified atom stereocenters. The van der Waals surface area contributed by atoms with Gasteiger partial charge in [0.1, 0.15) is 18.1 Å². The monoisotopic (exact) mass is 555 g/mol. The van der Waals surface area contributed by atoms with Gasteiger partial charge in [0.25, 0.3) is 5.91 Å². The minimum absolute atomic E-state index is 0.0595. The van der Waals surface area contributed by atoms with Crippen molar-refractivity contribution in [2.75, 3.05) is 45.3 Å². The number of fused-ring (bicyclic) bond motifs is 2. The van der Waals surface area contributed by atoms with Crippen LogP contribution in [0, 0.1) is 6.92 Å². The van der Waals surface area contributed by atoms with E-state index in [0.29, 0.717) is 29.3 Å². The normalized spacial score (nSPS) is 14.9. The number of imidazole rings is 1. The Morgan fingerprint density at radius 2 is 1.73 bits per heavy atom. The van der Waals surface area contributed by atoms with E-state index in [1.165, 1.54) is 0 Å². The summed E-state index contributed by atoms with van der Waals surface area (Å²) in [4.78, 5) is 34.8. The van der Waals surface area contributed by atoms with Crippen LogP contribution in [0.4, 0.5) is 10.6 Å². The number of benzene rings is 2. The summed E-state index contributed by atoms with van der Waals surface area (Å²) >= 11 is 0. The van der Waals surface area contributed by atoms with E-state index in [-0.39, 0.29) is 19.3 Å². The molecule has 1 saturated heterocycles. The Morgan fingerprint density at radius 3 is 2.49 bits per heavy atom. The predicted octanol–water partition coefficient (Wildman–Crippen LogP) is 4.74. The first kappa shape index (κ1) is 26.6. The zero-order chi connectivity index (χ0) is 28.5. The van der Waals surface area contributed by atoms with Crippen LogP contribution >= 0.6 is 0 Å². The van der Waals surface area contributed by atoms with Gasteiger partial charge in [0.2, 0.25) is 6.79 Å². The number of pyridine rings is 1. The molecule has 2 aliphatic heterocycles. The van der Waals surface area contributed by atoms with E-state index in [4.69, 9.17) is 19.2 Å².